The number of allylic oxidation sites excluding steroid dienone is 1. The van der Waals surface area contributed by atoms with Crippen LogP contribution in [0, 0.1) is 0 Å². The fourth-order valence-electron chi connectivity index (χ4n) is 0.351. The Morgan fingerprint density at radius 1 is 1.33 bits per heavy atom. The second-order valence-electron chi connectivity index (χ2n) is 2.05. The van der Waals surface area contributed by atoms with Crippen molar-refractivity contribution in [1.82, 2.24) is 0 Å². The molecule has 4 nitrogen and oxygen atoms in total. The summed E-state index contributed by atoms with van der Waals surface area (Å²) in [5, 5.41) is 15.5. The van der Waals surface area contributed by atoms with Gasteiger partial charge in [-0.3, -0.25) is 4.79 Å². The Morgan fingerprint density at radius 3 is 2.00 bits per heavy atom. The van der Waals surface area contributed by atoms with Crippen molar-refractivity contribution in [3.8, 4) is 0 Å². The highest BCUT2D eigenvalue weighted by molar-refractivity contribution is 5.79. The Morgan fingerprint density at radius 2 is 1.75 bits per heavy atom. The fourth-order valence-corrected chi connectivity index (χ4v) is 0.351. The van der Waals surface area contributed by atoms with Crippen molar-refractivity contribution in [2.24, 2.45) is 0 Å². The van der Waals surface area contributed by atoms with Gasteiger partial charge in [0.2, 0.25) is 0 Å². The highest BCUT2D eigenvalue weighted by Gasteiger charge is 1.81. The minimum Gasteiger partial charge on any atom is -0.481 e. The van der Waals surface area contributed by atoms with E-state index < -0.39 is 11.9 Å². The van der Waals surface area contributed by atoms with E-state index in [0.29, 0.717) is 0 Å². The van der Waals surface area contributed by atoms with Crippen LogP contribution in [0.4, 0.5) is 0 Å². The van der Waals surface area contributed by atoms with Gasteiger partial charge in [-0.2, -0.15) is 0 Å². The van der Waals surface area contributed by atoms with Crippen molar-refractivity contribution in [3.05, 3.63) is 12.2 Å². The van der Waals surface area contributed by atoms with Crippen molar-refractivity contribution in [3.63, 3.8) is 0 Å². The van der Waals surface area contributed by atoms with Crippen molar-refractivity contribution >= 4 is 11.9 Å². The first-order valence-corrected chi connectivity index (χ1v) is 3.59. The molecule has 2 N–H and O–H groups in total. The number of carbonyl (C=O) groups is 2. The molecule has 0 spiro atoms. The first kappa shape index (κ1) is 13.3. The van der Waals surface area contributed by atoms with Gasteiger partial charge in [0.1, 0.15) is 0 Å². The van der Waals surface area contributed by atoms with Crippen molar-refractivity contribution in [2.45, 2.75) is 26.7 Å². The summed E-state index contributed by atoms with van der Waals surface area (Å²) >= 11 is 0. The van der Waals surface area contributed by atoms with E-state index in [1.54, 1.807) is 6.08 Å². The second kappa shape index (κ2) is 9.68. The van der Waals surface area contributed by atoms with Crippen LogP contribution in [0.2, 0.25) is 0 Å². The van der Waals surface area contributed by atoms with Crippen LogP contribution < -0.4 is 0 Å². The monoisotopic (exact) mass is 174 g/mol. The maximum absolute atomic E-state index is 9.79. The highest BCUT2D eigenvalue weighted by Crippen LogP contribution is 1.86. The minimum atomic E-state index is -0.863. The summed E-state index contributed by atoms with van der Waals surface area (Å²) < 4.78 is 0. The van der Waals surface area contributed by atoms with E-state index in [2.05, 4.69) is 0 Å². The van der Waals surface area contributed by atoms with Gasteiger partial charge in [-0.15, -0.1) is 0 Å². The molecule has 0 radical (unpaired) electrons. The molecular formula is C8H14O4. The van der Waals surface area contributed by atoms with Gasteiger partial charge >= 0.3 is 5.97 Å². The van der Waals surface area contributed by atoms with E-state index in [1.165, 1.54) is 6.08 Å². The Balaban J connectivity index is 0. The van der Waals surface area contributed by atoms with Gasteiger partial charge in [0, 0.05) is 13.0 Å². The molecule has 0 aliphatic carbocycles. The molecule has 0 aliphatic rings. The molecular weight excluding hydrogens is 160 g/mol. The molecule has 0 fully saturated rings. The summed E-state index contributed by atoms with van der Waals surface area (Å²) in [5.41, 5.74) is 0. The molecule has 0 aliphatic heterocycles. The first-order chi connectivity index (χ1) is 5.50. The topological polar surface area (TPSA) is 74.6 Å². The van der Waals surface area contributed by atoms with E-state index in [0.717, 1.165) is 19.8 Å². The van der Waals surface area contributed by atoms with Crippen LogP contribution in [0.5, 0.6) is 0 Å². The molecule has 0 unspecified atom stereocenters. The SMILES string of the molecule is CC(=O)O.CCCC=CC(=O)O. The van der Waals surface area contributed by atoms with Gasteiger partial charge in [0.05, 0.1) is 0 Å². The lowest BCUT2D eigenvalue weighted by Gasteiger charge is -1.79. The van der Waals surface area contributed by atoms with Gasteiger partial charge in [0.25, 0.3) is 5.97 Å². The average Bonchev–Trinajstić information content (AvgIpc) is 1.86. The normalized spacial score (nSPS) is 8.83. The van der Waals surface area contributed by atoms with E-state index in [-0.39, 0.29) is 0 Å². The standard InChI is InChI=1S/C6H10O2.C2H4O2/c1-2-3-4-5-6(7)8;1-2(3)4/h4-5H,2-3H2,1H3,(H,7,8);1H3,(H,3,4). The van der Waals surface area contributed by atoms with E-state index in [1.807, 2.05) is 6.92 Å². The van der Waals surface area contributed by atoms with Crippen molar-refractivity contribution in [2.75, 3.05) is 0 Å². The zero-order valence-corrected chi connectivity index (χ0v) is 7.28. The average molecular weight is 174 g/mol. The third kappa shape index (κ3) is 37.8. The number of carboxylic acids is 2. The molecule has 0 atom stereocenters. The molecule has 0 bridgehead atoms. The molecule has 0 heterocycles. The number of hydrogen-bond donors (Lipinski definition) is 2. The zero-order chi connectivity index (χ0) is 9.98. The highest BCUT2D eigenvalue weighted by atomic mass is 16.4. The Bertz CT molecular complexity index is 156. The van der Waals surface area contributed by atoms with Crippen LogP contribution in [-0.2, 0) is 9.59 Å². The predicted molar refractivity (Wildman–Crippen MR) is 45.0 cm³/mol. The van der Waals surface area contributed by atoms with Gasteiger partial charge in [-0.25, -0.2) is 4.79 Å². The number of aliphatic carboxylic acids is 2. The van der Waals surface area contributed by atoms with E-state index in [4.69, 9.17) is 15.0 Å². The van der Waals surface area contributed by atoms with E-state index >= 15 is 0 Å². The summed E-state index contributed by atoms with van der Waals surface area (Å²) in [6.45, 7) is 3.09. The fraction of sp³-hybridized carbons (Fsp3) is 0.500. The smallest absolute Gasteiger partial charge is 0.327 e. The molecule has 0 aromatic carbocycles. The molecule has 70 valence electrons. The quantitative estimate of drug-likeness (QED) is 0.636. The largest absolute Gasteiger partial charge is 0.481 e. The minimum absolute atomic E-state index is 0.833. The number of carboxylic acid groups (broad SMARTS) is 2. The lowest BCUT2D eigenvalue weighted by molar-refractivity contribution is -0.134. The maximum Gasteiger partial charge on any atom is 0.327 e. The predicted octanol–water partition coefficient (Wildman–Crippen LogP) is 1.52. The summed E-state index contributed by atoms with van der Waals surface area (Å²) in [5.74, 6) is -1.70. The van der Waals surface area contributed by atoms with E-state index in [9.17, 15) is 4.79 Å². The first-order valence-electron chi connectivity index (χ1n) is 3.59. The molecule has 0 aromatic rings. The van der Waals surface area contributed by atoms with Gasteiger partial charge in [-0.05, 0) is 6.42 Å². The maximum atomic E-state index is 9.79. The Hall–Kier alpha value is -1.32. The lowest BCUT2D eigenvalue weighted by atomic mass is 10.3. The van der Waals surface area contributed by atoms with Crippen LogP contribution in [0.25, 0.3) is 0 Å². The van der Waals surface area contributed by atoms with Crippen LogP contribution in [0.3, 0.4) is 0 Å². The molecule has 0 saturated heterocycles. The van der Waals surface area contributed by atoms with Crippen LogP contribution in [-0.4, -0.2) is 22.2 Å². The van der Waals surface area contributed by atoms with Crippen LogP contribution in [0.1, 0.15) is 26.7 Å². The summed E-state index contributed by atoms with van der Waals surface area (Å²) in [6.07, 6.45) is 4.68. The van der Waals surface area contributed by atoms with Crippen LogP contribution in [0.15, 0.2) is 12.2 Å². The molecule has 0 amide bonds. The van der Waals surface area contributed by atoms with Gasteiger partial charge in [0.15, 0.2) is 0 Å². The third-order valence-electron chi connectivity index (χ3n) is 0.716. The Labute approximate surface area is 71.5 Å². The number of hydrogen-bond acceptors (Lipinski definition) is 2. The molecule has 12 heavy (non-hydrogen) atoms. The summed E-state index contributed by atoms with van der Waals surface area (Å²) in [7, 11) is 0. The number of rotatable bonds is 3. The lowest BCUT2D eigenvalue weighted by Crippen LogP contribution is -1.84. The molecule has 0 saturated carbocycles. The summed E-state index contributed by atoms with van der Waals surface area (Å²) in [4.78, 5) is 18.8. The van der Waals surface area contributed by atoms with Gasteiger partial charge < -0.3 is 10.2 Å². The molecule has 0 rings (SSSR count). The van der Waals surface area contributed by atoms with Crippen LogP contribution >= 0.6 is 0 Å². The Kier molecular flexibility index (Phi) is 10.7. The van der Waals surface area contributed by atoms with Gasteiger partial charge in [-0.1, -0.05) is 19.4 Å². The molecule has 4 heteroatoms. The van der Waals surface area contributed by atoms with Crippen molar-refractivity contribution in [1.29, 1.82) is 0 Å². The second-order valence-corrected chi connectivity index (χ2v) is 2.05. The van der Waals surface area contributed by atoms with Crippen molar-refractivity contribution < 1.29 is 19.8 Å². The summed E-state index contributed by atoms with van der Waals surface area (Å²) in [6, 6.07) is 0. The zero-order valence-electron chi connectivity index (χ0n) is 7.28. The number of unbranched alkanes of at least 4 members (excludes halogenated alkanes) is 1. The molecule has 0 aromatic heterocycles. The third-order valence-corrected chi connectivity index (χ3v) is 0.716.